The fourth-order valence-corrected chi connectivity index (χ4v) is 5.31. The van der Waals surface area contributed by atoms with Crippen LogP contribution in [0.1, 0.15) is 50.1 Å². The third kappa shape index (κ3) is 6.96. The van der Waals surface area contributed by atoms with Crippen LogP contribution in [-0.2, 0) is 20.9 Å². The van der Waals surface area contributed by atoms with Gasteiger partial charge in [-0.15, -0.1) is 0 Å². The molecule has 2 amide bonds. The van der Waals surface area contributed by atoms with Gasteiger partial charge in [0, 0.05) is 68.8 Å². The van der Waals surface area contributed by atoms with E-state index in [1.807, 2.05) is 36.1 Å². The number of halogens is 2. The maximum atomic E-state index is 15.3. The number of rotatable bonds is 10. The summed E-state index contributed by atoms with van der Waals surface area (Å²) >= 11 is 0. The molecule has 1 N–H and O–H groups in total. The molecule has 0 bridgehead atoms. The third-order valence-electron chi connectivity index (χ3n) is 7.59. The molecule has 0 spiro atoms. The number of carbonyl (C=O) groups is 2. The number of pyridine rings is 1. The van der Waals surface area contributed by atoms with Crippen LogP contribution in [-0.4, -0.2) is 75.5 Å². The molecule has 1 saturated heterocycles. The van der Waals surface area contributed by atoms with Gasteiger partial charge in [-0.2, -0.15) is 0 Å². The summed E-state index contributed by atoms with van der Waals surface area (Å²) in [5.74, 6) is -1.59. The van der Waals surface area contributed by atoms with Crippen LogP contribution < -0.4 is 5.32 Å². The average Bonchev–Trinajstić information content (AvgIpc) is 2.99. The molecule has 0 aliphatic carbocycles. The minimum atomic E-state index is -0.824. The van der Waals surface area contributed by atoms with Crippen molar-refractivity contribution in [2.45, 2.75) is 58.8 Å². The van der Waals surface area contributed by atoms with Crippen LogP contribution in [0.3, 0.4) is 0 Å². The molecule has 42 heavy (non-hydrogen) atoms. The van der Waals surface area contributed by atoms with Gasteiger partial charge in [-0.05, 0) is 31.9 Å². The van der Waals surface area contributed by atoms with Gasteiger partial charge in [0.25, 0.3) is 0 Å². The van der Waals surface area contributed by atoms with Gasteiger partial charge >= 0.3 is 0 Å². The van der Waals surface area contributed by atoms with E-state index >= 15 is 4.39 Å². The van der Waals surface area contributed by atoms with Crippen molar-refractivity contribution in [3.8, 4) is 11.4 Å². The second-order valence-electron chi connectivity index (χ2n) is 10.9. The molecule has 4 rings (SSSR count). The molecule has 1 aliphatic heterocycles. The van der Waals surface area contributed by atoms with E-state index in [0.29, 0.717) is 25.4 Å². The van der Waals surface area contributed by atoms with Crippen molar-refractivity contribution in [3.63, 3.8) is 0 Å². The van der Waals surface area contributed by atoms with Crippen molar-refractivity contribution in [2.75, 3.05) is 26.8 Å². The first kappa shape index (κ1) is 31.1. The van der Waals surface area contributed by atoms with E-state index in [9.17, 15) is 14.0 Å². The van der Waals surface area contributed by atoms with E-state index in [1.165, 1.54) is 6.92 Å². The monoisotopic (exact) mass is 580 g/mol. The van der Waals surface area contributed by atoms with Gasteiger partial charge in [0.15, 0.2) is 11.6 Å². The van der Waals surface area contributed by atoms with Gasteiger partial charge in [0.1, 0.15) is 11.9 Å². The summed E-state index contributed by atoms with van der Waals surface area (Å²) in [4.78, 5) is 43.2. The molecule has 1 aliphatic rings. The highest BCUT2D eigenvalue weighted by molar-refractivity contribution is 5.89. The Labute approximate surface area is 245 Å². The summed E-state index contributed by atoms with van der Waals surface area (Å²) in [6.45, 7) is 7.96. The number of nitrogens with one attached hydrogen (secondary N) is 1. The zero-order valence-electron chi connectivity index (χ0n) is 24.7. The largest absolute Gasteiger partial charge is 0.385 e. The number of nitrogens with zero attached hydrogens (tertiary/aromatic N) is 5. The Hall–Kier alpha value is -3.83. The van der Waals surface area contributed by atoms with Crippen molar-refractivity contribution in [1.82, 2.24) is 30.1 Å². The van der Waals surface area contributed by atoms with Crippen molar-refractivity contribution in [2.24, 2.45) is 5.92 Å². The minimum absolute atomic E-state index is 0.100. The standard InChI is InChI=1S/C31H38F2N6O3/c1-19(2)31(41)39-20(3)17-38(25(11-14-42-5)28-27(33)21(4)24(32)16-36-28)18-26(39)30(40)37-15-22-7-9-23(10-8-22)29-34-12-6-13-35-29/h6-10,12-13,16,19-20,25-26H,11,14-15,17-18H2,1-5H3,(H,37,40)/t20-,25-,26-/m1/s1. The lowest BCUT2D eigenvalue weighted by Crippen LogP contribution is -2.65. The molecule has 3 heterocycles. The van der Waals surface area contributed by atoms with Crippen LogP contribution in [0.2, 0.25) is 0 Å². The molecule has 0 unspecified atom stereocenters. The van der Waals surface area contributed by atoms with Gasteiger partial charge in [-0.25, -0.2) is 18.7 Å². The highest BCUT2D eigenvalue weighted by Crippen LogP contribution is 2.32. The second-order valence-corrected chi connectivity index (χ2v) is 10.9. The third-order valence-corrected chi connectivity index (χ3v) is 7.59. The van der Waals surface area contributed by atoms with Crippen LogP contribution in [0.25, 0.3) is 11.4 Å². The number of benzene rings is 1. The molecule has 3 atom stereocenters. The first-order chi connectivity index (χ1) is 20.1. The number of carbonyl (C=O) groups excluding carboxylic acids is 2. The Morgan fingerprint density at radius 2 is 1.79 bits per heavy atom. The summed E-state index contributed by atoms with van der Waals surface area (Å²) in [5.41, 5.74) is 1.72. The number of hydrogen-bond donors (Lipinski definition) is 1. The molecule has 1 fully saturated rings. The number of piperazine rings is 1. The summed E-state index contributed by atoms with van der Waals surface area (Å²) < 4.78 is 34.6. The van der Waals surface area contributed by atoms with Crippen molar-refractivity contribution < 1.29 is 23.1 Å². The zero-order chi connectivity index (χ0) is 30.4. The van der Waals surface area contributed by atoms with Crippen LogP contribution in [0.15, 0.2) is 48.9 Å². The number of methoxy groups -OCH3 is 1. The fourth-order valence-electron chi connectivity index (χ4n) is 5.31. The highest BCUT2D eigenvalue weighted by atomic mass is 19.1. The van der Waals surface area contributed by atoms with E-state index in [1.54, 1.807) is 44.3 Å². The molecular weight excluding hydrogens is 542 g/mol. The normalized spacial score (nSPS) is 18.2. The van der Waals surface area contributed by atoms with Gasteiger partial charge in [0.2, 0.25) is 11.8 Å². The van der Waals surface area contributed by atoms with Crippen LogP contribution in [0, 0.1) is 24.5 Å². The molecule has 3 aromatic rings. The molecule has 0 saturated carbocycles. The summed E-state index contributed by atoms with van der Waals surface area (Å²) in [6.07, 6.45) is 4.75. The Balaban J connectivity index is 1.57. The minimum Gasteiger partial charge on any atom is -0.385 e. The molecule has 0 radical (unpaired) electrons. The van der Waals surface area contributed by atoms with Crippen molar-refractivity contribution >= 4 is 11.8 Å². The van der Waals surface area contributed by atoms with E-state index < -0.39 is 23.7 Å². The molecule has 2 aromatic heterocycles. The lowest BCUT2D eigenvalue weighted by atomic mass is 9.97. The van der Waals surface area contributed by atoms with Gasteiger partial charge < -0.3 is 15.0 Å². The summed E-state index contributed by atoms with van der Waals surface area (Å²) in [5, 5.41) is 2.99. The predicted octanol–water partition coefficient (Wildman–Crippen LogP) is 4.08. The van der Waals surface area contributed by atoms with Gasteiger partial charge in [0.05, 0.1) is 17.9 Å². The molecule has 9 nitrogen and oxygen atoms in total. The van der Waals surface area contributed by atoms with E-state index in [4.69, 9.17) is 4.74 Å². The smallest absolute Gasteiger partial charge is 0.244 e. The lowest BCUT2D eigenvalue weighted by molar-refractivity contribution is -0.151. The molecule has 11 heteroatoms. The van der Waals surface area contributed by atoms with Crippen LogP contribution >= 0.6 is 0 Å². The molecular formula is C31H38F2N6O3. The van der Waals surface area contributed by atoms with E-state index in [0.717, 1.165) is 17.3 Å². The SMILES string of the molecule is COCC[C@H](c1ncc(F)c(C)c1F)N1C[C@@H](C)N(C(=O)C(C)C)[C@@H](C(=O)NCc2ccc(-c3ncccn3)cc2)C1. The zero-order valence-corrected chi connectivity index (χ0v) is 24.7. The maximum Gasteiger partial charge on any atom is 0.244 e. The summed E-state index contributed by atoms with van der Waals surface area (Å²) in [6, 6.07) is 7.58. The second kappa shape index (κ2) is 13.9. The van der Waals surface area contributed by atoms with E-state index in [2.05, 4.69) is 20.3 Å². The van der Waals surface area contributed by atoms with Gasteiger partial charge in [-0.1, -0.05) is 38.1 Å². The first-order valence-corrected chi connectivity index (χ1v) is 14.1. The first-order valence-electron chi connectivity index (χ1n) is 14.1. The van der Waals surface area contributed by atoms with Gasteiger partial charge in [-0.3, -0.25) is 19.5 Å². The van der Waals surface area contributed by atoms with Crippen molar-refractivity contribution in [1.29, 1.82) is 0 Å². The maximum absolute atomic E-state index is 15.3. The Kier molecular flexibility index (Phi) is 10.3. The highest BCUT2D eigenvalue weighted by Gasteiger charge is 2.42. The fraction of sp³-hybridized carbons (Fsp3) is 0.452. The van der Waals surface area contributed by atoms with E-state index in [-0.39, 0.29) is 48.1 Å². The average molecular weight is 581 g/mol. The predicted molar refractivity (Wildman–Crippen MR) is 154 cm³/mol. The molecule has 1 aromatic carbocycles. The lowest BCUT2D eigenvalue weighted by Gasteiger charge is -2.47. The van der Waals surface area contributed by atoms with Crippen LogP contribution in [0.4, 0.5) is 8.78 Å². The quantitative estimate of drug-likeness (QED) is 0.386. The number of aromatic nitrogens is 3. The van der Waals surface area contributed by atoms with Crippen LogP contribution in [0.5, 0.6) is 0 Å². The number of amides is 2. The van der Waals surface area contributed by atoms with Crippen molar-refractivity contribution in [3.05, 3.63) is 77.4 Å². The molecule has 224 valence electrons. The topological polar surface area (TPSA) is 101 Å². The Morgan fingerprint density at radius 1 is 1.10 bits per heavy atom. The number of ether oxygens (including phenoxy) is 1. The number of hydrogen-bond acceptors (Lipinski definition) is 7. The Bertz CT molecular complexity index is 1370. The Morgan fingerprint density at radius 3 is 2.43 bits per heavy atom. The summed E-state index contributed by atoms with van der Waals surface area (Å²) in [7, 11) is 1.55.